The number of fused-ring (bicyclic) bond motifs is 1. The Hall–Kier alpha value is -1.98. The Morgan fingerprint density at radius 1 is 1.42 bits per heavy atom. The Labute approximate surface area is 111 Å². The monoisotopic (exact) mass is 260 g/mol. The summed E-state index contributed by atoms with van der Waals surface area (Å²) in [5.41, 5.74) is 7.01. The lowest BCUT2D eigenvalue weighted by Gasteiger charge is -2.17. The van der Waals surface area contributed by atoms with Crippen molar-refractivity contribution in [2.24, 2.45) is 5.73 Å². The van der Waals surface area contributed by atoms with Crippen LogP contribution in [0.2, 0.25) is 0 Å². The minimum absolute atomic E-state index is 0.160. The summed E-state index contributed by atoms with van der Waals surface area (Å²) in [6.07, 6.45) is 6.27. The highest BCUT2D eigenvalue weighted by Crippen LogP contribution is 2.22. The second-order valence-electron chi connectivity index (χ2n) is 4.41. The van der Waals surface area contributed by atoms with Gasteiger partial charge in [0.25, 0.3) is 5.91 Å². The van der Waals surface area contributed by atoms with E-state index in [1.807, 2.05) is 6.92 Å². The number of hydrogen-bond acceptors (Lipinski definition) is 4. The van der Waals surface area contributed by atoms with Crippen molar-refractivity contribution in [1.29, 1.82) is 0 Å². The molecule has 2 rings (SSSR count). The number of carbonyl (C=O) groups excluding carboxylic acids is 2. The van der Waals surface area contributed by atoms with Crippen molar-refractivity contribution in [1.82, 2.24) is 9.97 Å². The van der Waals surface area contributed by atoms with Crippen LogP contribution in [0.25, 0.3) is 0 Å². The first-order valence-electron chi connectivity index (χ1n) is 6.32. The van der Waals surface area contributed by atoms with Gasteiger partial charge in [-0.15, -0.1) is 0 Å². The fourth-order valence-corrected chi connectivity index (χ4v) is 2.02. The van der Waals surface area contributed by atoms with Crippen molar-refractivity contribution in [3.8, 4) is 0 Å². The van der Waals surface area contributed by atoms with E-state index in [0.717, 1.165) is 24.1 Å². The van der Waals surface area contributed by atoms with Gasteiger partial charge >= 0.3 is 0 Å². The number of rotatable bonds is 4. The number of nitrogens with two attached hydrogens (primary N) is 1. The van der Waals surface area contributed by atoms with Crippen LogP contribution in [0.1, 0.15) is 47.9 Å². The van der Waals surface area contributed by atoms with Crippen LogP contribution in [0.15, 0.2) is 0 Å². The Bertz CT molecular complexity index is 514. The van der Waals surface area contributed by atoms with Crippen LogP contribution in [0.5, 0.6) is 0 Å². The summed E-state index contributed by atoms with van der Waals surface area (Å²) < 4.78 is 0. The molecule has 0 fully saturated rings. The topological polar surface area (TPSA) is 98.0 Å². The van der Waals surface area contributed by atoms with Gasteiger partial charge in [0.1, 0.15) is 5.69 Å². The number of aromatic nitrogens is 2. The molecular formula is C13H16N4O2. The van der Waals surface area contributed by atoms with Crippen molar-refractivity contribution in [3.05, 3.63) is 23.4 Å². The second kappa shape index (κ2) is 5.77. The predicted molar refractivity (Wildman–Crippen MR) is 69.4 cm³/mol. The first-order chi connectivity index (χ1) is 9.11. The lowest BCUT2D eigenvalue weighted by molar-refractivity contribution is -0.116. The van der Waals surface area contributed by atoms with Gasteiger partial charge in [0, 0.05) is 12.0 Å². The summed E-state index contributed by atoms with van der Waals surface area (Å²) in [6, 6.07) is 0. The number of anilines is 1. The average molecular weight is 260 g/mol. The van der Waals surface area contributed by atoms with Crippen molar-refractivity contribution in [3.63, 3.8) is 0 Å². The Morgan fingerprint density at radius 2 is 2.21 bits per heavy atom. The fourth-order valence-electron chi connectivity index (χ4n) is 2.02. The van der Waals surface area contributed by atoms with Crippen LogP contribution in [-0.4, -0.2) is 21.8 Å². The van der Waals surface area contributed by atoms with E-state index in [1.54, 1.807) is 0 Å². The van der Waals surface area contributed by atoms with Crippen LogP contribution >= 0.6 is 0 Å². The van der Waals surface area contributed by atoms with Crippen molar-refractivity contribution >= 4 is 17.8 Å². The van der Waals surface area contributed by atoms with Crippen molar-refractivity contribution in [2.45, 2.75) is 39.0 Å². The first-order valence-corrected chi connectivity index (χ1v) is 6.32. The third-order valence-electron chi connectivity index (χ3n) is 2.89. The molecule has 0 unspecified atom stereocenters. The molecule has 0 spiro atoms. The van der Waals surface area contributed by atoms with Gasteiger partial charge < -0.3 is 5.73 Å². The van der Waals surface area contributed by atoms with Crippen molar-refractivity contribution < 1.29 is 9.59 Å². The van der Waals surface area contributed by atoms with Gasteiger partial charge in [-0.1, -0.05) is 6.92 Å². The van der Waals surface area contributed by atoms with Crippen LogP contribution in [-0.2, 0) is 17.6 Å². The summed E-state index contributed by atoms with van der Waals surface area (Å²) in [4.78, 5) is 31.3. The maximum Gasteiger partial charge on any atom is 0.267 e. The summed E-state index contributed by atoms with van der Waals surface area (Å²) in [5.74, 6) is -0.604. The highest BCUT2D eigenvalue weighted by molar-refractivity contribution is 5.94. The molecule has 1 aromatic rings. The van der Waals surface area contributed by atoms with Gasteiger partial charge in [-0.3, -0.25) is 14.9 Å². The minimum atomic E-state index is -0.603. The molecule has 2 radical (unpaired) electrons. The Morgan fingerprint density at radius 3 is 2.89 bits per heavy atom. The maximum absolute atomic E-state index is 11.5. The lowest BCUT2D eigenvalue weighted by atomic mass is 9.94. The molecule has 2 amide bonds. The normalized spacial score (nSPS) is 13.7. The fraction of sp³-hybridized carbons (Fsp3) is 0.462. The van der Waals surface area contributed by atoms with Gasteiger partial charge in [-0.25, -0.2) is 9.97 Å². The molecule has 1 aliphatic rings. The Kier molecular flexibility index (Phi) is 4.09. The van der Waals surface area contributed by atoms with Crippen LogP contribution < -0.4 is 11.1 Å². The molecule has 1 aromatic heterocycles. The third kappa shape index (κ3) is 3.07. The van der Waals surface area contributed by atoms with E-state index in [0.29, 0.717) is 19.3 Å². The van der Waals surface area contributed by atoms with Crippen LogP contribution in [0.3, 0.4) is 0 Å². The smallest absolute Gasteiger partial charge is 0.267 e. The largest absolute Gasteiger partial charge is 0.364 e. The molecule has 3 N–H and O–H groups in total. The molecule has 6 heteroatoms. The summed E-state index contributed by atoms with van der Waals surface area (Å²) in [5, 5.41) is 2.60. The maximum atomic E-state index is 11.5. The lowest BCUT2D eigenvalue weighted by Crippen LogP contribution is -2.23. The molecule has 0 bridgehead atoms. The van der Waals surface area contributed by atoms with Crippen molar-refractivity contribution in [2.75, 3.05) is 5.32 Å². The summed E-state index contributed by atoms with van der Waals surface area (Å²) >= 11 is 0. The highest BCUT2D eigenvalue weighted by Gasteiger charge is 2.21. The quantitative estimate of drug-likeness (QED) is 0.839. The molecule has 0 atom stereocenters. The van der Waals surface area contributed by atoms with Gasteiger partial charge in [-0.05, 0) is 32.1 Å². The third-order valence-corrected chi connectivity index (χ3v) is 2.89. The van der Waals surface area contributed by atoms with E-state index in [2.05, 4.69) is 21.7 Å². The van der Waals surface area contributed by atoms with Gasteiger partial charge in [-0.2, -0.15) is 0 Å². The molecule has 6 nitrogen and oxygen atoms in total. The number of primary amides is 1. The molecule has 0 aliphatic heterocycles. The zero-order valence-corrected chi connectivity index (χ0v) is 10.8. The molecule has 100 valence electrons. The van der Waals surface area contributed by atoms with E-state index >= 15 is 0 Å². The van der Waals surface area contributed by atoms with Gasteiger partial charge in [0.15, 0.2) is 0 Å². The Balaban J connectivity index is 2.33. The zero-order valence-electron chi connectivity index (χ0n) is 10.8. The van der Waals surface area contributed by atoms with Crippen LogP contribution in [0.4, 0.5) is 5.95 Å². The molecular weight excluding hydrogens is 244 g/mol. The molecule has 0 saturated carbocycles. The number of amides is 2. The number of aryl methyl sites for hydroxylation is 1. The molecule has 0 saturated heterocycles. The number of nitrogens with zero attached hydrogens (tertiary/aromatic N) is 2. The van der Waals surface area contributed by atoms with E-state index in [4.69, 9.17) is 5.73 Å². The molecule has 19 heavy (non-hydrogen) atoms. The minimum Gasteiger partial charge on any atom is -0.364 e. The number of carbonyl (C=O) groups is 2. The SMILES string of the molecule is CCCC(=O)Nc1nc2c(c(C(N)=O)n1)C[C]CC2. The average Bonchev–Trinajstić information content (AvgIpc) is 2.37. The highest BCUT2D eigenvalue weighted by atomic mass is 16.2. The van der Waals surface area contributed by atoms with E-state index in [-0.39, 0.29) is 17.5 Å². The molecule has 0 aromatic carbocycles. The van der Waals surface area contributed by atoms with E-state index in [1.165, 1.54) is 0 Å². The van der Waals surface area contributed by atoms with Crippen LogP contribution in [0, 0.1) is 6.42 Å². The second-order valence-corrected chi connectivity index (χ2v) is 4.41. The summed E-state index contributed by atoms with van der Waals surface area (Å²) in [6.45, 7) is 1.91. The number of nitrogens with one attached hydrogen (secondary N) is 1. The molecule has 1 heterocycles. The van der Waals surface area contributed by atoms with Gasteiger partial charge in [0.2, 0.25) is 11.9 Å². The zero-order chi connectivity index (χ0) is 13.8. The van der Waals surface area contributed by atoms with E-state index in [9.17, 15) is 9.59 Å². The summed E-state index contributed by atoms with van der Waals surface area (Å²) in [7, 11) is 0. The standard InChI is InChI=1S/C13H16N4O2/c1-2-5-10(18)16-13-15-9-7-4-3-6-8(9)11(17-13)12(14)19/h2,4-7H2,1H3,(H2,14,19)(H,15,16,17,18). The number of hydrogen-bond donors (Lipinski definition) is 2. The van der Waals surface area contributed by atoms with Gasteiger partial charge in [0.05, 0.1) is 5.69 Å². The first kappa shape index (κ1) is 13.5. The van der Waals surface area contributed by atoms with E-state index < -0.39 is 5.91 Å². The predicted octanol–water partition coefficient (Wildman–Crippen LogP) is 0.884. The molecule has 1 aliphatic carbocycles.